The largest absolute Gasteiger partial charge is 0.488 e. The first-order valence-corrected chi connectivity index (χ1v) is 9.34. The Morgan fingerprint density at radius 3 is 2.31 bits per heavy atom. The predicted molar refractivity (Wildman–Crippen MR) is 109 cm³/mol. The highest BCUT2D eigenvalue weighted by Gasteiger charge is 2.20. The van der Waals surface area contributed by atoms with Crippen LogP contribution in [-0.4, -0.2) is 47.1 Å². The number of nitrogens with two attached hydrogens (primary N) is 2. The highest BCUT2D eigenvalue weighted by Crippen LogP contribution is 2.20. The maximum absolute atomic E-state index is 13.0. The molecule has 1 aromatic rings. The zero-order valence-electron chi connectivity index (χ0n) is 16.1. The van der Waals surface area contributed by atoms with Gasteiger partial charge < -0.3 is 26.4 Å². The zero-order chi connectivity index (χ0) is 19.7. The molecule has 1 aromatic carbocycles. The quantitative estimate of drug-likeness (QED) is 0.283. The lowest BCUT2D eigenvalue weighted by Crippen LogP contribution is -2.35. The highest BCUT2D eigenvalue weighted by molar-refractivity contribution is 6.58. The molecule has 0 bridgehead atoms. The van der Waals surface area contributed by atoms with Crippen molar-refractivity contribution in [3.63, 3.8) is 0 Å². The number of hydrogen-bond donors (Lipinski definition) is 4. The number of nitrogens with zero attached hydrogens (tertiary/aromatic N) is 1. The van der Waals surface area contributed by atoms with Gasteiger partial charge >= 0.3 is 7.12 Å². The third-order valence-electron chi connectivity index (χ3n) is 4.29. The van der Waals surface area contributed by atoms with E-state index >= 15 is 0 Å². The number of hydrogen-bond acceptors (Lipinski definition) is 5. The van der Waals surface area contributed by atoms with Gasteiger partial charge in [-0.1, -0.05) is 32.9 Å². The molecule has 6 nitrogen and oxygen atoms in total. The average Bonchev–Trinajstić information content (AvgIpc) is 2.61. The maximum Gasteiger partial charge on any atom is 0.488 e. The fourth-order valence-electron chi connectivity index (χ4n) is 2.77. The maximum atomic E-state index is 13.0. The Kier molecular flexibility index (Phi) is 9.41. The lowest BCUT2D eigenvalue weighted by molar-refractivity contribution is -0.127. The predicted octanol–water partition coefficient (Wildman–Crippen LogP) is 1.11. The minimum atomic E-state index is -1.57. The van der Waals surface area contributed by atoms with E-state index in [1.54, 1.807) is 18.2 Å². The normalized spacial score (nSPS) is 12.8. The summed E-state index contributed by atoms with van der Waals surface area (Å²) in [5.41, 5.74) is 14.2. The summed E-state index contributed by atoms with van der Waals surface area (Å²) in [5.74, 6) is -0.0109. The van der Waals surface area contributed by atoms with Crippen LogP contribution < -0.4 is 16.9 Å². The lowest BCUT2D eigenvalue weighted by atomic mass is 9.79. The first kappa shape index (κ1) is 22.2. The van der Waals surface area contributed by atoms with E-state index in [0.29, 0.717) is 41.8 Å². The van der Waals surface area contributed by atoms with E-state index in [4.69, 9.17) is 11.5 Å². The number of carbonyl (C=O) groups excluding carboxylic acids is 1. The molecule has 0 radical (unpaired) electrons. The number of carbonyl (C=O) groups is 1. The van der Waals surface area contributed by atoms with Crippen LogP contribution in [0, 0.1) is 0 Å². The van der Waals surface area contributed by atoms with Gasteiger partial charge in [0.25, 0.3) is 0 Å². The lowest BCUT2D eigenvalue weighted by Gasteiger charge is -2.24. The van der Waals surface area contributed by atoms with Crippen molar-refractivity contribution < 1.29 is 14.8 Å². The first-order chi connectivity index (χ1) is 12.3. The second-order valence-corrected chi connectivity index (χ2v) is 6.60. The molecule has 7 heteroatoms. The van der Waals surface area contributed by atoms with Gasteiger partial charge in [-0.2, -0.15) is 0 Å². The molecule has 0 aliphatic rings. The molecule has 0 saturated carbocycles. The fraction of sp³-hybridized carbons (Fsp3) is 0.526. The van der Waals surface area contributed by atoms with Gasteiger partial charge in [-0.3, -0.25) is 4.79 Å². The highest BCUT2D eigenvalue weighted by atomic mass is 16.4. The molecular weight excluding hydrogens is 329 g/mol. The monoisotopic (exact) mass is 361 g/mol. The van der Waals surface area contributed by atoms with E-state index in [1.165, 1.54) is 6.07 Å². The van der Waals surface area contributed by atoms with Gasteiger partial charge in [0.1, 0.15) is 0 Å². The molecule has 0 heterocycles. The smallest absolute Gasteiger partial charge is 0.423 e. The molecule has 6 N–H and O–H groups in total. The van der Waals surface area contributed by atoms with E-state index in [0.717, 1.165) is 19.3 Å². The van der Waals surface area contributed by atoms with Crippen molar-refractivity contribution in [2.75, 3.05) is 18.8 Å². The van der Waals surface area contributed by atoms with Crippen LogP contribution in [0.4, 0.5) is 5.69 Å². The third kappa shape index (κ3) is 6.48. The topological polar surface area (TPSA) is 113 Å². The van der Waals surface area contributed by atoms with Crippen LogP contribution in [0.2, 0.25) is 0 Å². The Balaban J connectivity index is 3.23. The molecule has 1 atom stereocenters. The summed E-state index contributed by atoms with van der Waals surface area (Å²) < 4.78 is 0. The molecule has 0 fully saturated rings. The van der Waals surface area contributed by atoms with Gasteiger partial charge in [-0.25, -0.2) is 0 Å². The van der Waals surface area contributed by atoms with E-state index < -0.39 is 7.12 Å². The Morgan fingerprint density at radius 2 is 1.85 bits per heavy atom. The molecule has 1 unspecified atom stereocenters. The number of anilines is 1. The average molecular weight is 361 g/mol. The van der Waals surface area contributed by atoms with Crippen LogP contribution in [0.3, 0.4) is 0 Å². The van der Waals surface area contributed by atoms with Crippen LogP contribution in [0.1, 0.15) is 52.0 Å². The van der Waals surface area contributed by atoms with Gasteiger partial charge in [0, 0.05) is 30.4 Å². The van der Waals surface area contributed by atoms with Gasteiger partial charge in [-0.05, 0) is 48.9 Å². The van der Waals surface area contributed by atoms with E-state index in [1.807, 2.05) is 25.7 Å². The van der Waals surface area contributed by atoms with Gasteiger partial charge in [0.15, 0.2) is 0 Å². The number of rotatable bonds is 10. The SMILES string of the molecule is CCCN(CCC)C(=O)/C(=C/c1ccc(B(O)O)cc1N)CC(N)CC. The summed E-state index contributed by atoms with van der Waals surface area (Å²) in [6.07, 6.45) is 4.81. The van der Waals surface area contributed by atoms with Crippen molar-refractivity contribution in [2.45, 2.75) is 52.5 Å². The summed E-state index contributed by atoms with van der Waals surface area (Å²) in [6, 6.07) is 4.69. The van der Waals surface area contributed by atoms with Gasteiger partial charge in [0.2, 0.25) is 5.91 Å². The van der Waals surface area contributed by atoms with Gasteiger partial charge in [-0.15, -0.1) is 0 Å². The van der Waals surface area contributed by atoms with Crippen LogP contribution in [0.15, 0.2) is 23.8 Å². The second kappa shape index (κ2) is 11.0. The number of amides is 1. The van der Waals surface area contributed by atoms with Crippen molar-refractivity contribution >= 4 is 30.3 Å². The molecule has 144 valence electrons. The van der Waals surface area contributed by atoms with E-state index in [2.05, 4.69) is 0 Å². The molecule has 0 aromatic heterocycles. The Hall–Kier alpha value is -1.83. The third-order valence-corrected chi connectivity index (χ3v) is 4.29. The van der Waals surface area contributed by atoms with Crippen molar-refractivity contribution in [3.8, 4) is 0 Å². The van der Waals surface area contributed by atoms with E-state index in [-0.39, 0.29) is 11.9 Å². The number of benzene rings is 1. The first-order valence-electron chi connectivity index (χ1n) is 9.34. The molecule has 0 aliphatic heterocycles. The Morgan fingerprint density at radius 1 is 1.23 bits per heavy atom. The van der Waals surface area contributed by atoms with Crippen molar-refractivity contribution in [3.05, 3.63) is 29.3 Å². The van der Waals surface area contributed by atoms with Crippen LogP contribution >= 0.6 is 0 Å². The molecule has 0 spiro atoms. The molecular formula is C19H32BN3O3. The molecule has 1 rings (SSSR count). The van der Waals surface area contributed by atoms with Crippen molar-refractivity contribution in [1.82, 2.24) is 4.90 Å². The minimum absolute atomic E-state index is 0.0109. The van der Waals surface area contributed by atoms with Crippen molar-refractivity contribution in [2.24, 2.45) is 5.73 Å². The van der Waals surface area contributed by atoms with Crippen LogP contribution in [0.25, 0.3) is 6.08 Å². The standard InChI is InChI=1S/C19H32BN3O3/c1-4-9-23(10-5-2)19(24)15(12-17(21)6-3)11-14-7-8-16(20(25)26)13-18(14)22/h7-8,11,13,17,25-26H,4-6,9-10,12,21-22H2,1-3H3/b15-11+. The van der Waals surface area contributed by atoms with Crippen LogP contribution in [-0.2, 0) is 4.79 Å². The van der Waals surface area contributed by atoms with Crippen molar-refractivity contribution in [1.29, 1.82) is 0 Å². The number of nitrogen functional groups attached to an aromatic ring is 1. The zero-order valence-corrected chi connectivity index (χ0v) is 16.1. The summed E-state index contributed by atoms with van der Waals surface area (Å²) in [4.78, 5) is 14.9. The molecule has 1 amide bonds. The minimum Gasteiger partial charge on any atom is -0.423 e. The summed E-state index contributed by atoms with van der Waals surface area (Å²) in [6.45, 7) is 7.50. The van der Waals surface area contributed by atoms with Crippen LogP contribution in [0.5, 0.6) is 0 Å². The summed E-state index contributed by atoms with van der Waals surface area (Å²) in [7, 11) is -1.57. The Labute approximate surface area is 157 Å². The summed E-state index contributed by atoms with van der Waals surface area (Å²) >= 11 is 0. The van der Waals surface area contributed by atoms with Gasteiger partial charge in [0.05, 0.1) is 0 Å². The molecule has 0 aliphatic carbocycles. The fourth-order valence-corrected chi connectivity index (χ4v) is 2.77. The Bertz CT molecular complexity index is 614. The summed E-state index contributed by atoms with van der Waals surface area (Å²) in [5, 5.41) is 18.5. The molecule has 26 heavy (non-hydrogen) atoms. The van der Waals surface area contributed by atoms with E-state index in [9.17, 15) is 14.8 Å². The molecule has 0 saturated heterocycles. The second-order valence-electron chi connectivity index (χ2n) is 6.60.